The molecule has 26 heavy (non-hydrogen) atoms. The molecule has 6 nitrogen and oxygen atoms in total. The second-order valence-electron chi connectivity index (χ2n) is 5.51. The van der Waals surface area contributed by atoms with E-state index in [1.54, 1.807) is 0 Å². The maximum absolute atomic E-state index is 12.3. The topological polar surface area (TPSA) is 87.7 Å². The highest BCUT2D eigenvalue weighted by molar-refractivity contribution is 6.01. The smallest absolute Gasteiger partial charge is 0.255 e. The van der Waals surface area contributed by atoms with Crippen LogP contribution in [-0.2, 0) is 11.2 Å². The van der Waals surface area contributed by atoms with E-state index in [0.29, 0.717) is 25.3 Å². The Labute approximate surface area is 152 Å². The molecule has 0 aliphatic carbocycles. The Morgan fingerprint density at radius 3 is 2.77 bits per heavy atom. The van der Waals surface area contributed by atoms with E-state index in [9.17, 15) is 14.7 Å². The highest BCUT2D eigenvalue weighted by Gasteiger charge is 2.12. The molecule has 2 aromatic rings. The van der Waals surface area contributed by atoms with Gasteiger partial charge in [-0.1, -0.05) is 18.7 Å². The van der Waals surface area contributed by atoms with Crippen LogP contribution in [0.4, 0.5) is 5.69 Å². The number of anilines is 1. The number of carbonyl (C=O) groups excluding carboxylic acids is 2. The van der Waals surface area contributed by atoms with Gasteiger partial charge in [0, 0.05) is 12.2 Å². The lowest BCUT2D eigenvalue weighted by molar-refractivity contribution is -0.111. The van der Waals surface area contributed by atoms with Crippen molar-refractivity contribution in [1.29, 1.82) is 0 Å². The van der Waals surface area contributed by atoms with E-state index in [1.165, 1.54) is 18.2 Å². The first-order valence-corrected chi connectivity index (χ1v) is 8.30. The minimum absolute atomic E-state index is 0.0925. The summed E-state index contributed by atoms with van der Waals surface area (Å²) in [4.78, 5) is 23.7. The van der Waals surface area contributed by atoms with Crippen molar-refractivity contribution in [2.75, 3.05) is 18.5 Å². The molecule has 0 saturated carbocycles. The van der Waals surface area contributed by atoms with Gasteiger partial charge in [-0.15, -0.1) is 0 Å². The van der Waals surface area contributed by atoms with E-state index in [-0.39, 0.29) is 11.3 Å². The van der Waals surface area contributed by atoms with E-state index in [0.717, 1.165) is 17.4 Å². The molecule has 0 unspecified atom stereocenters. The van der Waals surface area contributed by atoms with E-state index in [2.05, 4.69) is 17.2 Å². The zero-order chi connectivity index (χ0) is 18.9. The van der Waals surface area contributed by atoms with Crippen molar-refractivity contribution in [2.45, 2.75) is 13.3 Å². The molecular weight excluding hydrogens is 332 g/mol. The largest absolute Gasteiger partial charge is 0.507 e. The fourth-order valence-electron chi connectivity index (χ4n) is 2.36. The first kappa shape index (κ1) is 19.1. The van der Waals surface area contributed by atoms with Crippen LogP contribution in [0.15, 0.2) is 55.1 Å². The van der Waals surface area contributed by atoms with Crippen LogP contribution in [0.5, 0.6) is 11.5 Å². The van der Waals surface area contributed by atoms with E-state index >= 15 is 0 Å². The molecule has 136 valence electrons. The highest BCUT2D eigenvalue weighted by Crippen LogP contribution is 2.21. The Bertz CT molecular complexity index is 802. The van der Waals surface area contributed by atoms with E-state index in [4.69, 9.17) is 4.74 Å². The zero-order valence-corrected chi connectivity index (χ0v) is 14.6. The van der Waals surface area contributed by atoms with Crippen LogP contribution in [0.2, 0.25) is 0 Å². The summed E-state index contributed by atoms with van der Waals surface area (Å²) in [5, 5.41) is 15.2. The maximum Gasteiger partial charge on any atom is 0.255 e. The van der Waals surface area contributed by atoms with Crippen molar-refractivity contribution in [1.82, 2.24) is 5.32 Å². The normalized spacial score (nSPS) is 10.0. The summed E-state index contributed by atoms with van der Waals surface area (Å²) in [6.07, 6.45) is 1.75. The maximum atomic E-state index is 12.3. The van der Waals surface area contributed by atoms with Gasteiger partial charge in [0.05, 0.1) is 12.2 Å². The summed E-state index contributed by atoms with van der Waals surface area (Å²) in [7, 11) is 0. The number of benzene rings is 2. The molecule has 0 heterocycles. The average Bonchev–Trinajstić information content (AvgIpc) is 2.63. The molecule has 2 rings (SSSR count). The number of aromatic hydroxyl groups is 1. The lowest BCUT2D eigenvalue weighted by Crippen LogP contribution is -2.26. The molecule has 0 radical (unpaired) electrons. The van der Waals surface area contributed by atoms with Gasteiger partial charge in [0.25, 0.3) is 5.91 Å². The van der Waals surface area contributed by atoms with Crippen LogP contribution in [-0.4, -0.2) is 30.1 Å². The van der Waals surface area contributed by atoms with Gasteiger partial charge in [-0.25, -0.2) is 0 Å². The molecule has 2 amide bonds. The van der Waals surface area contributed by atoms with Crippen LogP contribution < -0.4 is 15.4 Å². The second-order valence-corrected chi connectivity index (χ2v) is 5.51. The van der Waals surface area contributed by atoms with Gasteiger partial charge >= 0.3 is 0 Å². The Morgan fingerprint density at radius 1 is 1.23 bits per heavy atom. The minimum atomic E-state index is -0.418. The van der Waals surface area contributed by atoms with Gasteiger partial charge in [0.1, 0.15) is 11.5 Å². The molecule has 0 aliphatic rings. The van der Waals surface area contributed by atoms with Crippen molar-refractivity contribution in [3.63, 3.8) is 0 Å². The molecule has 0 spiro atoms. The number of ether oxygens (including phenoxy) is 1. The first-order valence-electron chi connectivity index (χ1n) is 8.30. The lowest BCUT2D eigenvalue weighted by atomic mass is 10.1. The third-order valence-corrected chi connectivity index (χ3v) is 3.60. The van der Waals surface area contributed by atoms with Crippen molar-refractivity contribution >= 4 is 17.5 Å². The molecule has 0 saturated heterocycles. The summed E-state index contributed by atoms with van der Waals surface area (Å²) >= 11 is 0. The van der Waals surface area contributed by atoms with Gasteiger partial charge in [0.2, 0.25) is 5.91 Å². The summed E-state index contributed by atoms with van der Waals surface area (Å²) in [6.45, 7) is 6.29. The van der Waals surface area contributed by atoms with Gasteiger partial charge in [-0.3, -0.25) is 9.59 Å². The van der Waals surface area contributed by atoms with Crippen LogP contribution in [0.25, 0.3) is 0 Å². The van der Waals surface area contributed by atoms with Crippen LogP contribution in [0.3, 0.4) is 0 Å². The lowest BCUT2D eigenvalue weighted by Gasteiger charge is -2.10. The molecule has 0 bridgehead atoms. The van der Waals surface area contributed by atoms with Gasteiger partial charge < -0.3 is 20.5 Å². The number of hydrogen-bond donors (Lipinski definition) is 3. The zero-order valence-electron chi connectivity index (χ0n) is 14.6. The van der Waals surface area contributed by atoms with E-state index < -0.39 is 11.8 Å². The SMILES string of the molecule is C=CC(=O)Nc1ccc(O)c(C(=O)NCCc2cccc(OCC)c2)c1. The number of phenols is 1. The first-order chi connectivity index (χ1) is 12.5. The van der Waals surface area contributed by atoms with Crippen molar-refractivity contribution < 1.29 is 19.4 Å². The number of hydrogen-bond acceptors (Lipinski definition) is 4. The minimum Gasteiger partial charge on any atom is -0.507 e. The Hall–Kier alpha value is -3.28. The van der Waals surface area contributed by atoms with Crippen LogP contribution >= 0.6 is 0 Å². The Balaban J connectivity index is 1.97. The predicted octanol–water partition coefficient (Wildman–Crippen LogP) is 2.89. The quantitative estimate of drug-likeness (QED) is 0.502. The van der Waals surface area contributed by atoms with Crippen molar-refractivity contribution in [2.24, 2.45) is 0 Å². The molecular formula is C20H22N2O4. The van der Waals surface area contributed by atoms with Gasteiger partial charge in [-0.05, 0) is 55.3 Å². The monoisotopic (exact) mass is 354 g/mol. The summed E-state index contributed by atoms with van der Waals surface area (Å²) in [5.41, 5.74) is 1.53. The van der Waals surface area contributed by atoms with E-state index in [1.807, 2.05) is 31.2 Å². The molecule has 0 aromatic heterocycles. The Morgan fingerprint density at radius 2 is 2.04 bits per heavy atom. The van der Waals surface area contributed by atoms with Crippen LogP contribution in [0.1, 0.15) is 22.8 Å². The second kappa shape index (κ2) is 9.27. The molecule has 3 N–H and O–H groups in total. The number of carbonyl (C=O) groups is 2. The van der Waals surface area contributed by atoms with Crippen molar-refractivity contribution in [3.05, 3.63) is 66.2 Å². The standard InChI is InChI=1S/C20H22N2O4/c1-3-19(24)22-15-8-9-18(23)17(13-15)20(25)21-11-10-14-6-5-7-16(12-14)26-4-2/h3,5-9,12-13,23H,1,4,10-11H2,2H3,(H,21,25)(H,22,24). The third-order valence-electron chi connectivity index (χ3n) is 3.60. The fraction of sp³-hybridized carbons (Fsp3) is 0.200. The number of rotatable bonds is 8. The number of phenolic OH excluding ortho intramolecular Hbond substituents is 1. The van der Waals surface area contributed by atoms with Crippen LogP contribution in [0, 0.1) is 0 Å². The summed E-state index contributed by atoms with van der Waals surface area (Å²) in [6, 6.07) is 12.0. The van der Waals surface area contributed by atoms with Crippen molar-refractivity contribution in [3.8, 4) is 11.5 Å². The predicted molar refractivity (Wildman–Crippen MR) is 101 cm³/mol. The number of amides is 2. The molecule has 0 aliphatic heterocycles. The third kappa shape index (κ3) is 5.37. The Kier molecular flexibility index (Phi) is 6.79. The molecule has 2 aromatic carbocycles. The van der Waals surface area contributed by atoms with Gasteiger partial charge in [0.15, 0.2) is 0 Å². The summed E-state index contributed by atoms with van der Waals surface area (Å²) in [5.74, 6) is -0.175. The highest BCUT2D eigenvalue weighted by atomic mass is 16.5. The molecule has 0 fully saturated rings. The van der Waals surface area contributed by atoms with Gasteiger partial charge in [-0.2, -0.15) is 0 Å². The summed E-state index contributed by atoms with van der Waals surface area (Å²) < 4.78 is 5.45. The number of nitrogens with one attached hydrogen (secondary N) is 2. The fourth-order valence-corrected chi connectivity index (χ4v) is 2.36. The molecule has 0 atom stereocenters. The average molecular weight is 354 g/mol. The molecule has 6 heteroatoms.